The van der Waals surface area contributed by atoms with E-state index < -0.39 is 0 Å². The number of methoxy groups -OCH3 is 1. The van der Waals surface area contributed by atoms with Crippen LogP contribution in [0.3, 0.4) is 0 Å². The summed E-state index contributed by atoms with van der Waals surface area (Å²) >= 11 is 3.26. The summed E-state index contributed by atoms with van der Waals surface area (Å²) in [6.07, 6.45) is 3.48. The topological polar surface area (TPSA) is 99.2 Å². The number of carbonyl (C=O) groups is 1. The first-order valence-corrected chi connectivity index (χ1v) is 7.12. The first-order valence-electron chi connectivity index (χ1n) is 6.33. The van der Waals surface area contributed by atoms with Crippen molar-refractivity contribution in [3.05, 3.63) is 21.0 Å². The number of aromatic nitrogens is 2. The minimum absolute atomic E-state index is 0.204. The number of ether oxygens (including phenoxy) is 1. The SMILES string of the molecule is COCCn1ncc(NCCCCC(N)=O)c(Br)c1=O. The summed E-state index contributed by atoms with van der Waals surface area (Å²) in [5, 5.41) is 7.17. The van der Waals surface area contributed by atoms with E-state index in [2.05, 4.69) is 26.3 Å². The smallest absolute Gasteiger partial charge is 0.283 e. The lowest BCUT2D eigenvalue weighted by molar-refractivity contribution is -0.118. The van der Waals surface area contributed by atoms with Crippen molar-refractivity contribution < 1.29 is 9.53 Å². The van der Waals surface area contributed by atoms with Crippen molar-refractivity contribution in [1.29, 1.82) is 0 Å². The predicted molar refractivity (Wildman–Crippen MR) is 79.6 cm³/mol. The molecular formula is C12H19BrN4O3. The van der Waals surface area contributed by atoms with Crippen LogP contribution in [0.25, 0.3) is 0 Å². The Morgan fingerprint density at radius 3 is 2.95 bits per heavy atom. The molecule has 0 spiro atoms. The van der Waals surface area contributed by atoms with Crippen molar-refractivity contribution in [3.8, 4) is 0 Å². The quantitative estimate of drug-likeness (QED) is 0.642. The van der Waals surface area contributed by atoms with Crippen LogP contribution < -0.4 is 16.6 Å². The molecule has 7 nitrogen and oxygen atoms in total. The van der Waals surface area contributed by atoms with E-state index in [1.807, 2.05) is 0 Å². The molecule has 0 saturated heterocycles. The number of nitrogens with zero attached hydrogens (tertiary/aromatic N) is 2. The summed E-state index contributed by atoms with van der Waals surface area (Å²) in [7, 11) is 1.57. The Morgan fingerprint density at radius 1 is 1.55 bits per heavy atom. The van der Waals surface area contributed by atoms with Gasteiger partial charge in [0.15, 0.2) is 0 Å². The van der Waals surface area contributed by atoms with Gasteiger partial charge in [0.2, 0.25) is 5.91 Å². The first kappa shape index (κ1) is 16.6. The second-order valence-corrected chi connectivity index (χ2v) is 5.04. The van der Waals surface area contributed by atoms with Gasteiger partial charge in [0.25, 0.3) is 5.56 Å². The standard InChI is InChI=1S/C12H19BrN4O3/c1-20-7-6-17-12(19)11(13)9(8-16-17)15-5-3-2-4-10(14)18/h8,15H,2-7H2,1H3,(H2,14,18). The van der Waals surface area contributed by atoms with Crippen LogP contribution in [0.2, 0.25) is 0 Å². The van der Waals surface area contributed by atoms with Gasteiger partial charge in [0.05, 0.1) is 25.0 Å². The van der Waals surface area contributed by atoms with E-state index in [9.17, 15) is 9.59 Å². The van der Waals surface area contributed by atoms with Crippen LogP contribution in [0.15, 0.2) is 15.5 Å². The maximum atomic E-state index is 12.0. The highest BCUT2D eigenvalue weighted by atomic mass is 79.9. The molecule has 1 aromatic rings. The van der Waals surface area contributed by atoms with Gasteiger partial charge < -0.3 is 15.8 Å². The van der Waals surface area contributed by atoms with Crippen LogP contribution in [0.4, 0.5) is 5.69 Å². The van der Waals surface area contributed by atoms with Gasteiger partial charge in [-0.2, -0.15) is 5.10 Å². The van der Waals surface area contributed by atoms with Gasteiger partial charge in [0.1, 0.15) is 4.47 Å². The van der Waals surface area contributed by atoms with Crippen LogP contribution in [0, 0.1) is 0 Å². The molecule has 20 heavy (non-hydrogen) atoms. The third-order valence-electron chi connectivity index (χ3n) is 2.66. The van der Waals surface area contributed by atoms with Crippen molar-refractivity contribution >= 4 is 27.5 Å². The van der Waals surface area contributed by atoms with Crippen LogP contribution in [-0.2, 0) is 16.1 Å². The van der Waals surface area contributed by atoms with Gasteiger partial charge in [-0.05, 0) is 28.8 Å². The van der Waals surface area contributed by atoms with Crippen molar-refractivity contribution in [2.45, 2.75) is 25.8 Å². The average Bonchev–Trinajstić information content (AvgIpc) is 2.41. The van der Waals surface area contributed by atoms with Crippen LogP contribution >= 0.6 is 15.9 Å². The number of nitrogens with two attached hydrogens (primary N) is 1. The number of unbranched alkanes of at least 4 members (excludes halogenated alkanes) is 1. The van der Waals surface area contributed by atoms with Gasteiger partial charge in [0, 0.05) is 20.1 Å². The lowest BCUT2D eigenvalue weighted by Gasteiger charge is -2.10. The number of amides is 1. The average molecular weight is 347 g/mol. The number of carbonyl (C=O) groups excluding carboxylic acids is 1. The number of hydrogen-bond acceptors (Lipinski definition) is 5. The number of primary amides is 1. The van der Waals surface area contributed by atoms with E-state index in [0.717, 1.165) is 12.8 Å². The third-order valence-corrected chi connectivity index (χ3v) is 3.42. The maximum absolute atomic E-state index is 12.0. The summed E-state index contributed by atoms with van der Waals surface area (Å²) < 4.78 is 6.70. The molecule has 0 saturated carbocycles. The Hall–Kier alpha value is -1.41. The van der Waals surface area contributed by atoms with E-state index in [-0.39, 0.29) is 11.5 Å². The van der Waals surface area contributed by atoms with Crippen molar-refractivity contribution in [1.82, 2.24) is 9.78 Å². The maximum Gasteiger partial charge on any atom is 0.283 e. The highest BCUT2D eigenvalue weighted by molar-refractivity contribution is 9.10. The Balaban J connectivity index is 2.53. The van der Waals surface area contributed by atoms with Gasteiger partial charge >= 0.3 is 0 Å². The molecule has 1 aromatic heterocycles. The Bertz CT molecular complexity index is 504. The van der Waals surface area contributed by atoms with Crippen LogP contribution in [-0.4, -0.2) is 35.9 Å². The fourth-order valence-electron chi connectivity index (χ4n) is 1.57. The minimum atomic E-state index is -0.298. The highest BCUT2D eigenvalue weighted by Gasteiger charge is 2.08. The Labute approximate surface area is 125 Å². The second-order valence-electron chi connectivity index (χ2n) is 4.24. The molecule has 0 aliphatic carbocycles. The number of hydrogen-bond donors (Lipinski definition) is 2. The largest absolute Gasteiger partial charge is 0.383 e. The molecule has 0 aliphatic rings. The lowest BCUT2D eigenvalue weighted by Crippen LogP contribution is -2.26. The summed E-state index contributed by atoms with van der Waals surface area (Å²) in [5.74, 6) is -0.298. The van der Waals surface area contributed by atoms with Crippen molar-refractivity contribution in [2.24, 2.45) is 5.73 Å². The van der Waals surface area contributed by atoms with Gasteiger partial charge in [-0.3, -0.25) is 9.59 Å². The number of anilines is 1. The van der Waals surface area contributed by atoms with Gasteiger partial charge in [-0.1, -0.05) is 0 Å². The Morgan fingerprint density at radius 2 is 2.30 bits per heavy atom. The van der Waals surface area contributed by atoms with E-state index in [4.69, 9.17) is 10.5 Å². The molecule has 8 heteroatoms. The summed E-state index contributed by atoms with van der Waals surface area (Å²) in [4.78, 5) is 22.6. The lowest BCUT2D eigenvalue weighted by atomic mass is 10.2. The molecule has 1 rings (SSSR count). The third kappa shape index (κ3) is 5.30. The Kier molecular flexibility index (Phi) is 7.24. The number of rotatable bonds is 9. The molecular weight excluding hydrogens is 328 g/mol. The number of nitrogens with one attached hydrogen (secondary N) is 1. The molecule has 0 atom stereocenters. The first-order chi connectivity index (χ1) is 9.56. The predicted octanol–water partition coefficient (Wildman–Crippen LogP) is 0.720. The molecule has 0 fully saturated rings. The van der Waals surface area contributed by atoms with Gasteiger partial charge in [-0.15, -0.1) is 0 Å². The zero-order chi connectivity index (χ0) is 15.0. The van der Waals surface area contributed by atoms with E-state index in [1.54, 1.807) is 13.3 Å². The molecule has 112 valence electrons. The zero-order valence-electron chi connectivity index (χ0n) is 11.4. The highest BCUT2D eigenvalue weighted by Crippen LogP contribution is 2.16. The summed E-state index contributed by atoms with van der Waals surface area (Å²) in [5.41, 5.74) is 5.49. The molecule has 0 bridgehead atoms. The van der Waals surface area contributed by atoms with Crippen molar-refractivity contribution in [3.63, 3.8) is 0 Å². The zero-order valence-corrected chi connectivity index (χ0v) is 13.0. The monoisotopic (exact) mass is 346 g/mol. The fourth-order valence-corrected chi connectivity index (χ4v) is 2.02. The van der Waals surface area contributed by atoms with Gasteiger partial charge in [-0.25, -0.2) is 4.68 Å². The fraction of sp³-hybridized carbons (Fsp3) is 0.583. The summed E-state index contributed by atoms with van der Waals surface area (Å²) in [6.45, 7) is 1.49. The number of halogens is 1. The molecule has 0 radical (unpaired) electrons. The molecule has 0 aliphatic heterocycles. The van der Waals surface area contributed by atoms with Crippen LogP contribution in [0.1, 0.15) is 19.3 Å². The minimum Gasteiger partial charge on any atom is -0.383 e. The van der Waals surface area contributed by atoms with Crippen molar-refractivity contribution in [2.75, 3.05) is 25.6 Å². The van der Waals surface area contributed by atoms with E-state index in [0.29, 0.717) is 36.3 Å². The molecule has 0 unspecified atom stereocenters. The second kappa shape index (κ2) is 8.70. The molecule has 0 aromatic carbocycles. The molecule has 1 amide bonds. The van der Waals surface area contributed by atoms with E-state index in [1.165, 1.54) is 4.68 Å². The summed E-state index contributed by atoms with van der Waals surface area (Å²) in [6, 6.07) is 0. The van der Waals surface area contributed by atoms with Crippen LogP contribution in [0.5, 0.6) is 0 Å². The van der Waals surface area contributed by atoms with E-state index >= 15 is 0 Å². The molecule has 1 heterocycles. The normalized spacial score (nSPS) is 10.5. The molecule has 3 N–H and O–H groups in total.